The van der Waals surface area contributed by atoms with Crippen LogP contribution in [0.5, 0.6) is 0 Å². The molecule has 0 atom stereocenters. The van der Waals surface area contributed by atoms with Crippen molar-refractivity contribution in [1.82, 2.24) is 15.3 Å². The van der Waals surface area contributed by atoms with E-state index in [4.69, 9.17) is 17.3 Å². The highest BCUT2D eigenvalue weighted by Crippen LogP contribution is 2.32. The normalized spacial score (nSPS) is 15.6. The lowest BCUT2D eigenvalue weighted by atomic mass is 9.86. The first-order valence-corrected chi connectivity index (χ1v) is 8.29. The van der Waals surface area contributed by atoms with Gasteiger partial charge in [-0.3, -0.25) is 0 Å². The molecule has 0 saturated carbocycles. The average molecular weight is 332 g/mol. The predicted octanol–water partition coefficient (Wildman–Crippen LogP) is 3.54. The summed E-state index contributed by atoms with van der Waals surface area (Å²) in [6, 6.07) is 4.45. The Labute approximate surface area is 141 Å². The maximum Gasteiger partial charge on any atom is 0.229 e. The second-order valence-electron chi connectivity index (χ2n) is 6.10. The van der Waals surface area contributed by atoms with Gasteiger partial charge >= 0.3 is 0 Å². The first-order chi connectivity index (χ1) is 11.0. The minimum Gasteiger partial charge on any atom is -0.382 e. The average Bonchev–Trinajstić information content (AvgIpc) is 2.55. The molecule has 4 N–H and O–H groups in total. The summed E-state index contributed by atoms with van der Waals surface area (Å²) in [6.45, 7) is 6.47. The molecule has 0 aliphatic carbocycles. The molecule has 1 aromatic carbocycles. The fourth-order valence-corrected chi connectivity index (χ4v) is 3.20. The molecule has 1 fully saturated rings. The number of hydrogen-bond acceptors (Lipinski definition) is 5. The van der Waals surface area contributed by atoms with E-state index in [1.165, 1.54) is 35.7 Å². The second-order valence-corrected chi connectivity index (χ2v) is 6.51. The summed E-state index contributed by atoms with van der Waals surface area (Å²) in [7, 11) is 0. The van der Waals surface area contributed by atoms with Crippen LogP contribution in [0.2, 0.25) is 5.02 Å². The summed E-state index contributed by atoms with van der Waals surface area (Å²) in [5.74, 6) is 1.39. The SMILES string of the molecule is Cc1cc(C2CCNCC2)c(C)cc1Nc1ncc(Cl)c(N)n1. The fourth-order valence-electron chi connectivity index (χ4n) is 3.11. The van der Waals surface area contributed by atoms with Crippen LogP contribution in [0.4, 0.5) is 17.5 Å². The van der Waals surface area contributed by atoms with Gasteiger partial charge in [0, 0.05) is 5.69 Å². The Bertz CT molecular complexity index is 710. The highest BCUT2D eigenvalue weighted by molar-refractivity contribution is 6.32. The quantitative estimate of drug-likeness (QED) is 0.802. The number of hydrogen-bond donors (Lipinski definition) is 3. The molecule has 122 valence electrons. The van der Waals surface area contributed by atoms with Gasteiger partial charge in [0.2, 0.25) is 5.95 Å². The third-order valence-electron chi connectivity index (χ3n) is 4.41. The van der Waals surface area contributed by atoms with Gasteiger partial charge in [0.1, 0.15) is 10.8 Å². The molecule has 2 heterocycles. The van der Waals surface area contributed by atoms with E-state index in [1.54, 1.807) is 0 Å². The number of anilines is 3. The molecule has 5 nitrogen and oxygen atoms in total. The lowest BCUT2D eigenvalue weighted by molar-refractivity contribution is 0.459. The van der Waals surface area contributed by atoms with Crippen LogP contribution in [-0.2, 0) is 0 Å². The molecule has 1 saturated heterocycles. The molecule has 23 heavy (non-hydrogen) atoms. The predicted molar refractivity (Wildman–Crippen MR) is 95.5 cm³/mol. The maximum atomic E-state index is 5.86. The third kappa shape index (κ3) is 3.57. The van der Waals surface area contributed by atoms with E-state index in [0.29, 0.717) is 16.9 Å². The van der Waals surface area contributed by atoms with Crippen molar-refractivity contribution in [2.75, 3.05) is 24.1 Å². The Morgan fingerprint density at radius 2 is 1.96 bits per heavy atom. The smallest absolute Gasteiger partial charge is 0.229 e. The number of nitrogens with two attached hydrogens (primary N) is 1. The van der Waals surface area contributed by atoms with Gasteiger partial charge in [-0.1, -0.05) is 17.7 Å². The van der Waals surface area contributed by atoms with E-state index in [0.717, 1.165) is 18.8 Å². The second kappa shape index (κ2) is 6.72. The summed E-state index contributed by atoms with van der Waals surface area (Å²) in [5, 5.41) is 7.02. The van der Waals surface area contributed by atoms with Crippen LogP contribution >= 0.6 is 11.6 Å². The minimum atomic E-state index is 0.282. The maximum absolute atomic E-state index is 5.86. The van der Waals surface area contributed by atoms with Crippen LogP contribution in [0, 0.1) is 13.8 Å². The van der Waals surface area contributed by atoms with Gasteiger partial charge in [-0.05, 0) is 68.5 Å². The molecule has 0 amide bonds. The molecule has 0 spiro atoms. The Morgan fingerprint density at radius 3 is 2.65 bits per heavy atom. The molecule has 1 aliphatic rings. The van der Waals surface area contributed by atoms with Gasteiger partial charge in [0.25, 0.3) is 0 Å². The highest BCUT2D eigenvalue weighted by atomic mass is 35.5. The van der Waals surface area contributed by atoms with Crippen LogP contribution in [0.1, 0.15) is 35.4 Å². The summed E-state index contributed by atoms with van der Waals surface area (Å²) in [6.07, 6.45) is 3.91. The molecular weight excluding hydrogens is 310 g/mol. The number of piperidine rings is 1. The summed E-state index contributed by atoms with van der Waals surface area (Å²) in [5.41, 5.74) is 10.7. The lowest BCUT2D eigenvalue weighted by Gasteiger charge is -2.25. The van der Waals surface area contributed by atoms with Crippen molar-refractivity contribution in [2.24, 2.45) is 0 Å². The van der Waals surface area contributed by atoms with Gasteiger partial charge in [-0.25, -0.2) is 4.98 Å². The van der Waals surface area contributed by atoms with E-state index >= 15 is 0 Å². The van der Waals surface area contributed by atoms with Crippen LogP contribution in [0.15, 0.2) is 18.3 Å². The van der Waals surface area contributed by atoms with Crippen molar-refractivity contribution in [2.45, 2.75) is 32.6 Å². The van der Waals surface area contributed by atoms with Gasteiger partial charge in [0.15, 0.2) is 0 Å². The van der Waals surface area contributed by atoms with Crippen LogP contribution in [0.3, 0.4) is 0 Å². The summed E-state index contributed by atoms with van der Waals surface area (Å²) >= 11 is 5.86. The number of halogens is 1. The third-order valence-corrected chi connectivity index (χ3v) is 4.70. The van der Waals surface area contributed by atoms with Crippen molar-refractivity contribution in [3.8, 4) is 0 Å². The Kier molecular flexibility index (Phi) is 4.68. The fraction of sp³-hybridized carbons (Fsp3) is 0.412. The summed E-state index contributed by atoms with van der Waals surface area (Å²) in [4.78, 5) is 8.34. The molecule has 6 heteroatoms. The molecular formula is C17H22ClN5. The van der Waals surface area contributed by atoms with Crippen LogP contribution in [0.25, 0.3) is 0 Å². The first-order valence-electron chi connectivity index (χ1n) is 7.91. The first kappa shape index (κ1) is 16.0. The van der Waals surface area contributed by atoms with Crippen LogP contribution in [-0.4, -0.2) is 23.1 Å². The van der Waals surface area contributed by atoms with Gasteiger partial charge in [-0.2, -0.15) is 4.98 Å². The van der Waals surface area contributed by atoms with Crippen molar-refractivity contribution in [1.29, 1.82) is 0 Å². The Morgan fingerprint density at radius 1 is 1.22 bits per heavy atom. The monoisotopic (exact) mass is 331 g/mol. The van der Waals surface area contributed by atoms with Gasteiger partial charge in [0.05, 0.1) is 6.20 Å². The molecule has 3 rings (SSSR count). The van der Waals surface area contributed by atoms with Gasteiger partial charge in [-0.15, -0.1) is 0 Å². The van der Waals surface area contributed by atoms with Crippen molar-refractivity contribution < 1.29 is 0 Å². The number of aryl methyl sites for hydroxylation is 2. The molecule has 1 aromatic heterocycles. The zero-order valence-electron chi connectivity index (χ0n) is 13.5. The number of nitrogens with zero attached hydrogens (tertiary/aromatic N) is 2. The zero-order chi connectivity index (χ0) is 16.4. The minimum absolute atomic E-state index is 0.282. The lowest BCUT2D eigenvalue weighted by Crippen LogP contribution is -2.27. The van der Waals surface area contributed by atoms with Crippen molar-refractivity contribution in [3.63, 3.8) is 0 Å². The molecule has 1 aliphatic heterocycles. The summed E-state index contributed by atoms with van der Waals surface area (Å²) < 4.78 is 0. The molecule has 0 unspecified atom stereocenters. The molecule has 0 radical (unpaired) electrons. The number of rotatable bonds is 3. The van der Waals surface area contributed by atoms with E-state index < -0.39 is 0 Å². The van der Waals surface area contributed by atoms with E-state index in [1.807, 2.05) is 0 Å². The largest absolute Gasteiger partial charge is 0.382 e. The van der Waals surface area contributed by atoms with E-state index in [2.05, 4.69) is 46.6 Å². The highest BCUT2D eigenvalue weighted by Gasteiger charge is 2.18. The number of nitrogen functional groups attached to an aromatic ring is 1. The zero-order valence-corrected chi connectivity index (χ0v) is 14.2. The Hall–Kier alpha value is -1.85. The number of aromatic nitrogens is 2. The number of nitrogens with one attached hydrogen (secondary N) is 2. The Balaban J connectivity index is 1.85. The van der Waals surface area contributed by atoms with E-state index in [9.17, 15) is 0 Å². The molecule has 0 bridgehead atoms. The topological polar surface area (TPSA) is 75.9 Å². The van der Waals surface area contributed by atoms with E-state index in [-0.39, 0.29) is 5.82 Å². The van der Waals surface area contributed by atoms with Crippen LogP contribution < -0.4 is 16.4 Å². The van der Waals surface area contributed by atoms with Crippen molar-refractivity contribution >= 4 is 29.1 Å². The number of benzene rings is 1. The van der Waals surface area contributed by atoms with Gasteiger partial charge < -0.3 is 16.4 Å². The molecule has 2 aromatic rings. The standard InChI is InChI=1S/C17H22ClN5/c1-10-8-15(22-17-21-9-14(18)16(19)23-17)11(2)7-13(10)12-3-5-20-6-4-12/h7-9,12,20H,3-6H2,1-2H3,(H3,19,21,22,23). The van der Waals surface area contributed by atoms with Crippen molar-refractivity contribution in [3.05, 3.63) is 40.0 Å².